The smallest absolute Gasteiger partial charge is 0.273 e. The zero-order valence-electron chi connectivity index (χ0n) is 10.9. The van der Waals surface area contributed by atoms with E-state index in [9.17, 15) is 4.79 Å². The highest BCUT2D eigenvalue weighted by Crippen LogP contribution is 2.17. The third-order valence-electron chi connectivity index (χ3n) is 2.90. The van der Waals surface area contributed by atoms with Gasteiger partial charge in [-0.25, -0.2) is 0 Å². The Morgan fingerprint density at radius 2 is 2.11 bits per heavy atom. The lowest BCUT2D eigenvalue weighted by molar-refractivity contribution is 0.0933. The molecule has 4 nitrogen and oxygen atoms in total. The Hall–Kier alpha value is -1.62. The minimum atomic E-state index is -0.171. The molecule has 0 saturated heterocycles. The minimum absolute atomic E-state index is 0.0487. The fourth-order valence-electron chi connectivity index (χ4n) is 1.80. The van der Waals surface area contributed by atoms with Crippen molar-refractivity contribution in [1.29, 1.82) is 0 Å². The Bertz CT molecular complexity index is 565. The van der Waals surface area contributed by atoms with Crippen LogP contribution in [0.2, 0.25) is 0 Å². The summed E-state index contributed by atoms with van der Waals surface area (Å²) in [6.45, 7) is 4.67. The molecule has 2 aromatic rings. The van der Waals surface area contributed by atoms with Gasteiger partial charge in [0.05, 0.1) is 10.5 Å². The number of amides is 1. The minimum Gasteiger partial charge on any atom is -0.344 e. The summed E-state index contributed by atoms with van der Waals surface area (Å²) >= 11 is 3.36. The normalized spacial score (nSPS) is 12.2. The average Bonchev–Trinajstić information content (AvgIpc) is 2.81. The van der Waals surface area contributed by atoms with E-state index in [1.807, 2.05) is 50.4 Å². The summed E-state index contributed by atoms with van der Waals surface area (Å²) in [5.74, 6) is -0.171. The van der Waals surface area contributed by atoms with Gasteiger partial charge < -0.3 is 5.32 Å². The molecule has 5 heteroatoms. The van der Waals surface area contributed by atoms with Gasteiger partial charge in [-0.05, 0) is 35.3 Å². The number of nitrogens with one attached hydrogen (secondary N) is 1. The average molecular weight is 322 g/mol. The van der Waals surface area contributed by atoms with E-state index in [1.54, 1.807) is 4.68 Å². The number of aromatic nitrogens is 2. The maximum absolute atomic E-state index is 12.2. The Morgan fingerprint density at radius 1 is 1.42 bits per heavy atom. The largest absolute Gasteiger partial charge is 0.344 e. The monoisotopic (exact) mass is 321 g/mol. The molecule has 1 N–H and O–H groups in total. The second-order valence-electron chi connectivity index (χ2n) is 4.29. The predicted octanol–water partition coefficient (Wildman–Crippen LogP) is 3.16. The van der Waals surface area contributed by atoms with Gasteiger partial charge in [0.2, 0.25) is 0 Å². The van der Waals surface area contributed by atoms with Crippen LogP contribution in [-0.2, 0) is 6.54 Å². The summed E-state index contributed by atoms with van der Waals surface area (Å²) in [7, 11) is 0. The molecule has 1 atom stereocenters. The number of halogens is 1. The van der Waals surface area contributed by atoms with E-state index < -0.39 is 0 Å². The van der Waals surface area contributed by atoms with Gasteiger partial charge in [0.15, 0.2) is 5.69 Å². The molecule has 0 radical (unpaired) electrons. The molecule has 0 unspecified atom stereocenters. The van der Waals surface area contributed by atoms with E-state index in [1.165, 1.54) is 0 Å². The number of hydrogen-bond acceptors (Lipinski definition) is 2. The number of rotatable bonds is 4. The van der Waals surface area contributed by atoms with Crippen LogP contribution in [-0.4, -0.2) is 15.7 Å². The van der Waals surface area contributed by atoms with Crippen molar-refractivity contribution in [3.63, 3.8) is 0 Å². The summed E-state index contributed by atoms with van der Waals surface area (Å²) in [6.07, 6.45) is 1.81. The Labute approximate surface area is 120 Å². The summed E-state index contributed by atoms with van der Waals surface area (Å²) in [4.78, 5) is 12.2. The first-order valence-corrected chi connectivity index (χ1v) is 7.00. The van der Waals surface area contributed by atoms with Gasteiger partial charge in [-0.1, -0.05) is 30.3 Å². The molecule has 19 heavy (non-hydrogen) atoms. The molecule has 1 aromatic heterocycles. The highest BCUT2D eigenvalue weighted by molar-refractivity contribution is 9.10. The highest BCUT2D eigenvalue weighted by atomic mass is 79.9. The maximum Gasteiger partial charge on any atom is 0.273 e. The van der Waals surface area contributed by atoms with Gasteiger partial charge in [0, 0.05) is 12.7 Å². The second-order valence-corrected chi connectivity index (χ2v) is 5.14. The van der Waals surface area contributed by atoms with E-state index in [4.69, 9.17) is 0 Å². The molecule has 2 rings (SSSR count). The van der Waals surface area contributed by atoms with Crippen molar-refractivity contribution in [2.75, 3.05) is 0 Å². The van der Waals surface area contributed by atoms with Crippen molar-refractivity contribution >= 4 is 21.8 Å². The van der Waals surface area contributed by atoms with Gasteiger partial charge in [0.1, 0.15) is 0 Å². The van der Waals surface area contributed by atoms with E-state index >= 15 is 0 Å². The van der Waals surface area contributed by atoms with Crippen LogP contribution in [0.25, 0.3) is 0 Å². The van der Waals surface area contributed by atoms with Crippen molar-refractivity contribution in [2.45, 2.75) is 26.4 Å². The van der Waals surface area contributed by atoms with Crippen molar-refractivity contribution < 1.29 is 4.79 Å². The molecule has 1 aromatic carbocycles. The third kappa shape index (κ3) is 3.23. The Morgan fingerprint density at radius 3 is 2.68 bits per heavy atom. The van der Waals surface area contributed by atoms with Crippen molar-refractivity contribution in [3.8, 4) is 0 Å². The van der Waals surface area contributed by atoms with E-state index in [-0.39, 0.29) is 11.9 Å². The number of carbonyl (C=O) groups is 1. The Balaban J connectivity index is 2.10. The molecular formula is C14H16BrN3O. The number of aryl methyl sites for hydroxylation is 1. The molecule has 0 aliphatic carbocycles. The fraction of sp³-hybridized carbons (Fsp3) is 0.286. The van der Waals surface area contributed by atoms with Crippen molar-refractivity contribution in [3.05, 3.63) is 52.3 Å². The molecule has 100 valence electrons. The lowest BCUT2D eigenvalue weighted by Gasteiger charge is -2.13. The molecule has 0 spiro atoms. The molecule has 0 aliphatic heterocycles. The molecule has 1 heterocycles. The van der Waals surface area contributed by atoms with Crippen LogP contribution in [0.15, 0.2) is 41.0 Å². The number of benzene rings is 1. The first-order chi connectivity index (χ1) is 9.11. The molecular weight excluding hydrogens is 306 g/mol. The van der Waals surface area contributed by atoms with Crippen LogP contribution in [0, 0.1) is 0 Å². The van der Waals surface area contributed by atoms with Crippen LogP contribution in [0.3, 0.4) is 0 Å². The second kappa shape index (κ2) is 6.02. The van der Waals surface area contributed by atoms with Gasteiger partial charge >= 0.3 is 0 Å². The summed E-state index contributed by atoms with van der Waals surface area (Å²) in [6, 6.07) is 9.80. The number of nitrogens with zero attached hydrogens (tertiary/aromatic N) is 2. The number of hydrogen-bond donors (Lipinski definition) is 1. The van der Waals surface area contributed by atoms with Crippen molar-refractivity contribution in [2.24, 2.45) is 0 Å². The molecule has 0 aliphatic rings. The fourth-order valence-corrected chi connectivity index (χ4v) is 2.30. The number of carbonyl (C=O) groups excluding carboxylic acids is 1. The van der Waals surface area contributed by atoms with Crippen LogP contribution in [0.1, 0.15) is 35.9 Å². The predicted molar refractivity (Wildman–Crippen MR) is 77.9 cm³/mol. The summed E-state index contributed by atoms with van der Waals surface area (Å²) < 4.78 is 2.44. The SMILES string of the molecule is CCn1cc(Br)c(C(=O)N[C@H](C)c2ccccc2)n1. The highest BCUT2D eigenvalue weighted by Gasteiger charge is 2.17. The van der Waals surface area contributed by atoms with E-state index in [0.717, 1.165) is 12.1 Å². The third-order valence-corrected chi connectivity index (χ3v) is 3.48. The van der Waals surface area contributed by atoms with Gasteiger partial charge in [-0.15, -0.1) is 0 Å². The molecule has 0 bridgehead atoms. The summed E-state index contributed by atoms with van der Waals surface area (Å²) in [5.41, 5.74) is 1.49. The Kier molecular flexibility index (Phi) is 4.37. The zero-order chi connectivity index (χ0) is 13.8. The van der Waals surface area contributed by atoms with Gasteiger partial charge in [-0.3, -0.25) is 9.48 Å². The zero-order valence-corrected chi connectivity index (χ0v) is 12.5. The van der Waals surface area contributed by atoms with Crippen LogP contribution in [0.5, 0.6) is 0 Å². The van der Waals surface area contributed by atoms with Crippen LogP contribution < -0.4 is 5.32 Å². The molecule has 1 amide bonds. The van der Waals surface area contributed by atoms with Gasteiger partial charge in [0.25, 0.3) is 5.91 Å². The van der Waals surface area contributed by atoms with Gasteiger partial charge in [-0.2, -0.15) is 5.10 Å². The first-order valence-electron chi connectivity index (χ1n) is 6.20. The standard InChI is InChI=1S/C14H16BrN3O/c1-3-18-9-12(15)13(17-18)14(19)16-10(2)11-7-5-4-6-8-11/h4-10H,3H2,1-2H3,(H,16,19)/t10-/m1/s1. The molecule has 0 fully saturated rings. The lowest BCUT2D eigenvalue weighted by atomic mass is 10.1. The summed E-state index contributed by atoms with van der Waals surface area (Å²) in [5, 5.41) is 7.18. The topological polar surface area (TPSA) is 46.9 Å². The molecule has 0 saturated carbocycles. The first kappa shape index (κ1) is 13.8. The van der Waals surface area contributed by atoms with E-state index in [2.05, 4.69) is 26.3 Å². The quantitative estimate of drug-likeness (QED) is 0.940. The lowest BCUT2D eigenvalue weighted by Crippen LogP contribution is -2.27. The van der Waals surface area contributed by atoms with Crippen molar-refractivity contribution in [1.82, 2.24) is 15.1 Å². The van der Waals surface area contributed by atoms with E-state index in [0.29, 0.717) is 10.2 Å². The maximum atomic E-state index is 12.2. The van der Waals surface area contributed by atoms with Crippen LogP contribution >= 0.6 is 15.9 Å². The van der Waals surface area contributed by atoms with Crippen LogP contribution in [0.4, 0.5) is 0 Å².